The second kappa shape index (κ2) is 8.68. The molecule has 4 heterocycles. The van der Waals surface area contributed by atoms with E-state index in [9.17, 15) is 23.4 Å². The quantitative estimate of drug-likeness (QED) is 0.403. The van der Waals surface area contributed by atoms with Crippen LogP contribution < -0.4 is 9.62 Å². The van der Waals surface area contributed by atoms with E-state index in [0.29, 0.717) is 16.1 Å². The molecule has 186 valence electrons. The molecule has 0 aromatic carbocycles. The first-order chi connectivity index (χ1) is 16.6. The number of aryl methyl sites for hydroxylation is 1. The van der Waals surface area contributed by atoms with Crippen molar-refractivity contribution in [2.75, 3.05) is 4.90 Å². The molecule has 5 rings (SSSR count). The van der Waals surface area contributed by atoms with Crippen molar-refractivity contribution in [3.05, 3.63) is 59.2 Å². The van der Waals surface area contributed by atoms with Crippen LogP contribution >= 0.6 is 11.3 Å². The summed E-state index contributed by atoms with van der Waals surface area (Å²) in [7, 11) is -2.08. The number of carbonyl (C=O) groups excluding carboxylic acids is 1. The molecular formula is C22H26N6O5S2. The molecule has 1 aliphatic heterocycles. The molecular weight excluding hydrogens is 492 g/mol. The molecule has 1 amide bonds. The van der Waals surface area contributed by atoms with Crippen molar-refractivity contribution in [1.29, 1.82) is 0 Å². The van der Waals surface area contributed by atoms with Gasteiger partial charge in [0.2, 0.25) is 6.35 Å². The number of amides is 1. The number of pyridine rings is 1. The molecule has 2 aliphatic rings. The minimum atomic E-state index is -3.84. The predicted molar refractivity (Wildman–Crippen MR) is 128 cm³/mol. The Hall–Kier alpha value is -2.84. The van der Waals surface area contributed by atoms with Crippen molar-refractivity contribution in [3.8, 4) is 0 Å². The Morgan fingerprint density at radius 1 is 1.14 bits per heavy atom. The lowest BCUT2D eigenvalue weighted by Gasteiger charge is -2.40. The van der Waals surface area contributed by atoms with Crippen LogP contribution in [0.4, 0.5) is 5.00 Å². The van der Waals surface area contributed by atoms with E-state index < -0.39 is 27.8 Å². The van der Waals surface area contributed by atoms with Gasteiger partial charge in [-0.2, -0.15) is 5.10 Å². The van der Waals surface area contributed by atoms with Gasteiger partial charge >= 0.3 is 0 Å². The van der Waals surface area contributed by atoms with Crippen LogP contribution in [0.3, 0.4) is 0 Å². The number of aromatic nitrogens is 3. The summed E-state index contributed by atoms with van der Waals surface area (Å²) >= 11 is 0.950. The average molecular weight is 519 g/mol. The monoisotopic (exact) mass is 518 g/mol. The number of nitrogens with one attached hydrogen (secondary N) is 1. The predicted octanol–water partition coefficient (Wildman–Crippen LogP) is 1.14. The Bertz CT molecular complexity index is 1380. The largest absolute Gasteiger partial charge is 0.392 e. The Morgan fingerprint density at radius 3 is 2.51 bits per heavy atom. The number of hydrogen-bond acceptors (Lipinski definition) is 9. The normalized spacial score (nSPS) is 19.2. The van der Waals surface area contributed by atoms with Gasteiger partial charge in [-0.15, -0.1) is 11.3 Å². The van der Waals surface area contributed by atoms with Crippen LogP contribution in [0.1, 0.15) is 46.8 Å². The molecule has 1 aliphatic carbocycles. The van der Waals surface area contributed by atoms with Crippen LogP contribution in [0.2, 0.25) is 0 Å². The van der Waals surface area contributed by atoms with Crippen molar-refractivity contribution >= 4 is 32.3 Å². The Kier molecular flexibility index (Phi) is 5.92. The number of fused-ring (bicyclic) bond motifs is 1. The molecule has 35 heavy (non-hydrogen) atoms. The molecule has 0 spiro atoms. The molecule has 3 N–H and O–H groups in total. The highest BCUT2D eigenvalue weighted by Crippen LogP contribution is 2.42. The molecule has 11 nitrogen and oxygen atoms in total. The second-order valence-corrected chi connectivity index (χ2v) is 12.2. The highest BCUT2D eigenvalue weighted by Gasteiger charge is 2.44. The van der Waals surface area contributed by atoms with Crippen molar-refractivity contribution in [2.24, 2.45) is 7.05 Å². The first-order valence-corrected chi connectivity index (χ1v) is 13.3. The van der Waals surface area contributed by atoms with Crippen LogP contribution in [0.15, 0.2) is 41.1 Å². The number of rotatable bonds is 8. The fourth-order valence-electron chi connectivity index (χ4n) is 4.02. The zero-order valence-electron chi connectivity index (χ0n) is 19.2. The van der Waals surface area contributed by atoms with E-state index in [4.69, 9.17) is 0 Å². The van der Waals surface area contributed by atoms with Crippen molar-refractivity contribution in [2.45, 2.75) is 55.6 Å². The van der Waals surface area contributed by atoms with Gasteiger partial charge in [0.15, 0.2) is 0 Å². The van der Waals surface area contributed by atoms with Crippen LogP contribution in [-0.4, -0.2) is 56.1 Å². The fourth-order valence-corrected chi connectivity index (χ4v) is 6.95. The van der Waals surface area contributed by atoms with Gasteiger partial charge in [0, 0.05) is 43.3 Å². The minimum Gasteiger partial charge on any atom is -0.392 e. The molecule has 1 fully saturated rings. The molecule has 3 aromatic heterocycles. The number of sulfonamides is 1. The number of aliphatic hydroxyl groups is 2. The van der Waals surface area contributed by atoms with Crippen molar-refractivity contribution < 1.29 is 23.4 Å². The van der Waals surface area contributed by atoms with E-state index in [1.54, 1.807) is 47.5 Å². The summed E-state index contributed by atoms with van der Waals surface area (Å²) in [6, 6.07) is 3.13. The maximum Gasteiger partial charge on any atom is 0.260 e. The summed E-state index contributed by atoms with van der Waals surface area (Å²) < 4.78 is 30.5. The molecule has 1 unspecified atom stereocenters. The Labute approximate surface area is 206 Å². The first kappa shape index (κ1) is 23.9. The number of hydrogen-bond donors (Lipinski definition) is 3. The molecule has 13 heteroatoms. The lowest BCUT2D eigenvalue weighted by Crippen LogP contribution is -2.54. The summed E-state index contributed by atoms with van der Waals surface area (Å²) in [4.78, 5) is 20.4. The molecule has 0 radical (unpaired) electrons. The fraction of sp³-hybridized carbons (Fsp3) is 0.409. The number of anilines is 1. The Morgan fingerprint density at radius 2 is 1.86 bits per heavy atom. The highest BCUT2D eigenvalue weighted by atomic mass is 32.2. The van der Waals surface area contributed by atoms with E-state index in [0.717, 1.165) is 29.7 Å². The maximum atomic E-state index is 13.4. The van der Waals surface area contributed by atoms with E-state index >= 15 is 0 Å². The van der Waals surface area contributed by atoms with E-state index in [1.165, 1.54) is 11.0 Å². The van der Waals surface area contributed by atoms with Gasteiger partial charge < -0.3 is 15.1 Å². The van der Waals surface area contributed by atoms with E-state index in [1.807, 2.05) is 6.92 Å². The van der Waals surface area contributed by atoms with E-state index in [2.05, 4.69) is 14.8 Å². The second-order valence-electron chi connectivity index (χ2n) is 9.24. The van der Waals surface area contributed by atoms with Gasteiger partial charge in [0.05, 0.1) is 24.9 Å². The first-order valence-electron chi connectivity index (χ1n) is 11.0. The van der Waals surface area contributed by atoms with Gasteiger partial charge in [0.1, 0.15) is 9.21 Å². The highest BCUT2D eigenvalue weighted by molar-refractivity contribution is 7.91. The Balaban J connectivity index is 1.54. The number of carbonyl (C=O) groups is 1. The van der Waals surface area contributed by atoms with Crippen LogP contribution in [0.25, 0.3) is 0 Å². The van der Waals surface area contributed by atoms with E-state index in [-0.39, 0.29) is 29.5 Å². The van der Waals surface area contributed by atoms with Gasteiger partial charge in [-0.1, -0.05) is 0 Å². The van der Waals surface area contributed by atoms with Gasteiger partial charge in [-0.25, -0.2) is 13.1 Å². The van der Waals surface area contributed by atoms with Crippen LogP contribution in [0, 0.1) is 0 Å². The zero-order valence-corrected chi connectivity index (χ0v) is 20.9. The van der Waals surface area contributed by atoms with Crippen molar-refractivity contribution in [3.63, 3.8) is 0 Å². The third-order valence-corrected chi connectivity index (χ3v) is 9.43. The number of thiophene rings is 1. The maximum absolute atomic E-state index is 13.4. The third kappa shape index (κ3) is 4.69. The zero-order chi connectivity index (χ0) is 25.0. The molecule has 1 atom stereocenters. The summed E-state index contributed by atoms with van der Waals surface area (Å²) in [5, 5.41) is 25.2. The average Bonchev–Trinajstić information content (AvgIpc) is 3.19. The molecule has 0 saturated heterocycles. The lowest BCUT2D eigenvalue weighted by atomic mass is 10.1. The van der Waals surface area contributed by atoms with Gasteiger partial charge in [0.25, 0.3) is 15.9 Å². The van der Waals surface area contributed by atoms with Gasteiger partial charge in [-0.05, 0) is 43.0 Å². The van der Waals surface area contributed by atoms with Crippen LogP contribution in [-0.2, 0) is 36.8 Å². The lowest BCUT2D eigenvalue weighted by molar-refractivity contribution is -0.00272. The molecule has 1 saturated carbocycles. The standard InChI is InChI=1S/C22H26N6O5S2/c1-22(3-4-22)25-35(32,33)18-6-17-19(30)27(12-16-9-24-26(2)10-16)21(31)28(20(17)34-18)11-14-5-15(13-29)8-23-7-14/h5-10,21,25,29,31H,3-4,11-13H2,1-2H3. The molecule has 3 aromatic rings. The van der Waals surface area contributed by atoms with Crippen LogP contribution in [0.5, 0.6) is 0 Å². The SMILES string of the molecule is Cn1cc(CN2C(=O)c3cc(S(=O)(=O)NC4(C)CC4)sc3N(Cc3cncc(CO)c3)C2O)cn1. The molecule has 0 bridgehead atoms. The third-order valence-electron chi connectivity index (χ3n) is 6.14. The summed E-state index contributed by atoms with van der Waals surface area (Å²) in [5.41, 5.74) is 1.76. The summed E-state index contributed by atoms with van der Waals surface area (Å²) in [5.74, 6) is -0.467. The van der Waals surface area contributed by atoms with Crippen molar-refractivity contribution in [1.82, 2.24) is 24.4 Å². The van der Waals surface area contributed by atoms with Gasteiger partial charge in [-0.3, -0.25) is 19.4 Å². The summed E-state index contributed by atoms with van der Waals surface area (Å²) in [6.45, 7) is 1.89. The summed E-state index contributed by atoms with van der Waals surface area (Å²) in [6.07, 6.45) is 6.67. The minimum absolute atomic E-state index is 0.0200. The number of aliphatic hydroxyl groups excluding tert-OH is 2. The smallest absolute Gasteiger partial charge is 0.260 e. The topological polar surface area (TPSA) is 141 Å². The number of nitrogens with zero attached hydrogens (tertiary/aromatic N) is 5.